The van der Waals surface area contributed by atoms with Crippen molar-refractivity contribution in [1.29, 1.82) is 0 Å². The Bertz CT molecular complexity index is 981. The van der Waals surface area contributed by atoms with Gasteiger partial charge in [-0.25, -0.2) is 17.5 Å². The molecule has 0 saturated heterocycles. The summed E-state index contributed by atoms with van der Waals surface area (Å²) in [5, 5.41) is 5.66. The Kier molecular flexibility index (Phi) is 9.49. The maximum atomic E-state index is 13.2. The molecule has 0 aliphatic rings. The Labute approximate surface area is 189 Å². The molecule has 0 aliphatic heterocycles. The Balaban J connectivity index is 0.00000450. The van der Waals surface area contributed by atoms with E-state index in [9.17, 15) is 26.0 Å². The summed E-state index contributed by atoms with van der Waals surface area (Å²) >= 11 is 0. The third-order valence-corrected chi connectivity index (χ3v) is 5.44. The maximum absolute atomic E-state index is 13.2. The second kappa shape index (κ2) is 10.9. The summed E-state index contributed by atoms with van der Waals surface area (Å²) < 4.78 is 78.0. The van der Waals surface area contributed by atoms with E-state index in [1.54, 1.807) is 12.1 Å². The average Bonchev–Trinajstić information content (AvgIpc) is 2.68. The number of rotatable bonds is 6. The minimum Gasteiger partial charge on any atom is -0.352 e. The Morgan fingerprint density at radius 3 is 2.17 bits per heavy atom. The maximum Gasteiger partial charge on any atom is 0.416 e. The number of sulfonamides is 1. The molecule has 0 saturated carbocycles. The summed E-state index contributed by atoms with van der Waals surface area (Å²) in [6.45, 7) is 0.0449. The van der Waals surface area contributed by atoms with Crippen LogP contribution in [0.5, 0.6) is 0 Å². The molecule has 2 rings (SSSR count). The van der Waals surface area contributed by atoms with Crippen LogP contribution in [0.2, 0.25) is 0 Å². The predicted octanol–water partition coefficient (Wildman–Crippen LogP) is 3.24. The summed E-state index contributed by atoms with van der Waals surface area (Å²) in [5.74, 6) is -0.735. The Morgan fingerprint density at radius 1 is 1.03 bits per heavy atom. The van der Waals surface area contributed by atoms with Gasteiger partial charge in [-0.2, -0.15) is 13.2 Å². The minimum atomic E-state index is -4.68. The van der Waals surface area contributed by atoms with Crippen molar-refractivity contribution in [1.82, 2.24) is 15.4 Å². The molecule has 0 aromatic heterocycles. The van der Waals surface area contributed by atoms with E-state index in [4.69, 9.17) is 0 Å². The van der Waals surface area contributed by atoms with Crippen molar-refractivity contribution < 1.29 is 26.0 Å². The first-order valence-electron chi connectivity index (χ1n) is 8.39. The molecule has 6 nitrogen and oxygen atoms in total. The molecule has 2 aromatic carbocycles. The first-order valence-corrected chi connectivity index (χ1v) is 9.88. The van der Waals surface area contributed by atoms with E-state index in [1.165, 1.54) is 26.2 Å². The second-order valence-corrected chi connectivity index (χ2v) is 7.82. The topological polar surface area (TPSA) is 82.6 Å². The zero-order valence-corrected chi connectivity index (χ0v) is 19.2. The summed E-state index contributed by atoms with van der Waals surface area (Å²) in [7, 11) is -0.772. The van der Waals surface area contributed by atoms with Crippen molar-refractivity contribution in [3.63, 3.8) is 0 Å². The first-order chi connectivity index (χ1) is 13.6. The zero-order valence-electron chi connectivity index (χ0n) is 16.0. The van der Waals surface area contributed by atoms with Gasteiger partial charge in [0.25, 0.3) is 0 Å². The lowest BCUT2D eigenvalue weighted by Gasteiger charge is -2.16. The van der Waals surface area contributed by atoms with Crippen LogP contribution in [0.3, 0.4) is 0 Å². The molecule has 0 atom stereocenters. The number of alkyl halides is 3. The molecule has 0 amide bonds. The van der Waals surface area contributed by atoms with Gasteiger partial charge in [0.15, 0.2) is 5.96 Å². The van der Waals surface area contributed by atoms with Crippen molar-refractivity contribution in [3.05, 3.63) is 65.0 Å². The first kappa shape index (κ1) is 26.1. The Morgan fingerprint density at radius 2 is 1.63 bits per heavy atom. The van der Waals surface area contributed by atoms with Crippen LogP contribution in [-0.2, 0) is 29.3 Å². The summed E-state index contributed by atoms with van der Waals surface area (Å²) in [4.78, 5) is 4.04. The number of nitrogens with one attached hydrogen (secondary N) is 3. The smallest absolute Gasteiger partial charge is 0.352 e. The molecule has 2 aromatic rings. The van der Waals surface area contributed by atoms with Crippen LogP contribution in [0.15, 0.2) is 52.4 Å². The highest BCUT2D eigenvalue weighted by Crippen LogP contribution is 2.32. The standard InChI is InChI=1S/C18H20F4N4O2S.HI/c1-23-17(25-10-12-3-7-15(8-4-12)29(27,28)24-2)26-11-13-5-6-14(19)9-16(13)18(20,21)22;/h3-9,24H,10-11H2,1-2H3,(H2,23,25,26);1H. The van der Waals surface area contributed by atoms with Gasteiger partial charge in [0.05, 0.1) is 10.5 Å². The molecule has 3 N–H and O–H groups in total. The molecule has 12 heteroatoms. The van der Waals surface area contributed by atoms with Gasteiger partial charge < -0.3 is 10.6 Å². The zero-order chi connectivity index (χ0) is 21.7. The van der Waals surface area contributed by atoms with Gasteiger partial charge in [0.1, 0.15) is 5.82 Å². The number of aliphatic imine (C=N–C) groups is 1. The number of benzene rings is 2. The minimum absolute atomic E-state index is 0. The van der Waals surface area contributed by atoms with Crippen molar-refractivity contribution in [2.75, 3.05) is 14.1 Å². The van der Waals surface area contributed by atoms with Gasteiger partial charge in [0.2, 0.25) is 10.0 Å². The predicted molar refractivity (Wildman–Crippen MR) is 117 cm³/mol. The second-order valence-electron chi connectivity index (χ2n) is 5.93. The monoisotopic (exact) mass is 560 g/mol. The SMILES string of the molecule is CN=C(NCc1ccc(S(=O)(=O)NC)cc1)NCc1ccc(F)cc1C(F)(F)F.I. The van der Waals surface area contributed by atoms with Crippen LogP contribution >= 0.6 is 24.0 Å². The quantitative estimate of drug-likeness (QED) is 0.220. The lowest BCUT2D eigenvalue weighted by Crippen LogP contribution is -2.36. The largest absolute Gasteiger partial charge is 0.416 e. The van der Waals surface area contributed by atoms with Crippen molar-refractivity contribution in [3.8, 4) is 0 Å². The number of guanidine groups is 1. The van der Waals surface area contributed by atoms with E-state index in [2.05, 4.69) is 20.3 Å². The fraction of sp³-hybridized carbons (Fsp3) is 0.278. The lowest BCUT2D eigenvalue weighted by atomic mass is 10.1. The summed E-state index contributed by atoms with van der Waals surface area (Å²) in [6.07, 6.45) is -4.68. The number of nitrogens with zero attached hydrogens (tertiary/aromatic N) is 1. The van der Waals surface area contributed by atoms with Crippen LogP contribution < -0.4 is 15.4 Å². The highest BCUT2D eigenvalue weighted by atomic mass is 127. The highest BCUT2D eigenvalue weighted by Gasteiger charge is 2.33. The van der Waals surface area contributed by atoms with Gasteiger partial charge in [0, 0.05) is 20.1 Å². The van der Waals surface area contributed by atoms with Crippen molar-refractivity contribution >= 4 is 40.0 Å². The molecule has 0 radical (unpaired) electrons. The summed E-state index contributed by atoms with van der Waals surface area (Å²) in [6, 6.07) is 8.56. The molecule has 0 aliphatic carbocycles. The fourth-order valence-corrected chi connectivity index (χ4v) is 3.19. The molecule has 166 valence electrons. The van der Waals surface area contributed by atoms with Crippen LogP contribution in [0.1, 0.15) is 16.7 Å². The van der Waals surface area contributed by atoms with E-state index in [0.29, 0.717) is 6.07 Å². The van der Waals surface area contributed by atoms with Crippen LogP contribution in [0, 0.1) is 5.82 Å². The van der Waals surface area contributed by atoms with Crippen LogP contribution in [0.4, 0.5) is 17.6 Å². The normalized spacial score (nSPS) is 12.3. The molecule has 0 fully saturated rings. The van der Waals surface area contributed by atoms with Crippen molar-refractivity contribution in [2.45, 2.75) is 24.2 Å². The molecule has 0 bridgehead atoms. The van der Waals surface area contributed by atoms with Gasteiger partial charge in [-0.3, -0.25) is 4.99 Å². The molecule has 0 unspecified atom stereocenters. The molecule has 30 heavy (non-hydrogen) atoms. The van der Waals surface area contributed by atoms with Crippen LogP contribution in [-0.4, -0.2) is 28.5 Å². The van der Waals surface area contributed by atoms with Crippen molar-refractivity contribution in [2.24, 2.45) is 4.99 Å². The van der Waals surface area contributed by atoms with E-state index in [-0.39, 0.29) is 53.5 Å². The van der Waals surface area contributed by atoms with E-state index >= 15 is 0 Å². The third kappa shape index (κ3) is 7.09. The van der Waals surface area contributed by atoms with Gasteiger partial charge in [-0.15, -0.1) is 24.0 Å². The van der Waals surface area contributed by atoms with Crippen LogP contribution in [0.25, 0.3) is 0 Å². The number of hydrogen-bond donors (Lipinski definition) is 3. The van der Waals surface area contributed by atoms with Gasteiger partial charge in [-0.1, -0.05) is 18.2 Å². The molecular formula is C18H21F4IN4O2S. The van der Waals surface area contributed by atoms with E-state index in [0.717, 1.165) is 17.7 Å². The lowest BCUT2D eigenvalue weighted by molar-refractivity contribution is -0.138. The molecule has 0 spiro atoms. The van der Waals surface area contributed by atoms with Gasteiger partial charge >= 0.3 is 6.18 Å². The highest BCUT2D eigenvalue weighted by molar-refractivity contribution is 14.0. The average molecular weight is 560 g/mol. The van der Waals surface area contributed by atoms with E-state index in [1.807, 2.05) is 0 Å². The number of halogens is 5. The molecule has 0 heterocycles. The molecular weight excluding hydrogens is 539 g/mol. The van der Waals surface area contributed by atoms with E-state index < -0.39 is 27.6 Å². The third-order valence-electron chi connectivity index (χ3n) is 4.01. The number of hydrogen-bond acceptors (Lipinski definition) is 3. The summed E-state index contributed by atoms with van der Waals surface area (Å²) in [5.41, 5.74) is -0.439. The fourth-order valence-electron chi connectivity index (χ4n) is 2.46. The Hall–Kier alpha value is -1.93. The van der Waals surface area contributed by atoms with Gasteiger partial charge in [-0.05, 0) is 42.4 Å².